The average molecular weight is 355 g/mol. The summed E-state index contributed by atoms with van der Waals surface area (Å²) in [6.07, 6.45) is 1.71. The van der Waals surface area contributed by atoms with Crippen LogP contribution in [0.2, 0.25) is 0 Å². The minimum Gasteiger partial charge on any atom is -0.338 e. The maximum absolute atomic E-state index is 4.74. The Balaban J connectivity index is 1.89. The van der Waals surface area contributed by atoms with Crippen LogP contribution in [0.4, 0.5) is 17.5 Å². The first-order valence-electron chi connectivity index (χ1n) is 9.48. The van der Waals surface area contributed by atoms with Gasteiger partial charge in [-0.25, -0.2) is 0 Å². The summed E-state index contributed by atoms with van der Waals surface area (Å²) in [6, 6.07) is 6.52. The Kier molecular flexibility index (Phi) is 5.71. The number of para-hydroxylation sites is 1. The van der Waals surface area contributed by atoms with E-state index in [1.165, 1.54) is 11.1 Å². The number of anilines is 3. The predicted molar refractivity (Wildman–Crippen MR) is 107 cm³/mol. The molecular weight excluding hydrogens is 324 g/mol. The molecule has 1 N–H and O–H groups in total. The first-order chi connectivity index (χ1) is 12.5. The number of aromatic nitrogens is 3. The highest BCUT2D eigenvalue weighted by Gasteiger charge is 2.18. The zero-order chi connectivity index (χ0) is 18.7. The van der Waals surface area contributed by atoms with E-state index in [0.29, 0.717) is 17.8 Å². The Morgan fingerprint density at radius 3 is 2.15 bits per heavy atom. The Bertz CT molecular complexity index is 709. The molecule has 140 valence electrons. The predicted octanol–water partition coefficient (Wildman–Crippen LogP) is 3.61. The fourth-order valence-electron chi connectivity index (χ4n) is 3.32. The number of nitrogens with zero attached hydrogens (tertiary/aromatic N) is 5. The third kappa shape index (κ3) is 4.12. The van der Waals surface area contributed by atoms with Gasteiger partial charge in [-0.2, -0.15) is 10.1 Å². The van der Waals surface area contributed by atoms with E-state index >= 15 is 0 Å². The molecule has 0 aliphatic carbocycles. The molecule has 0 atom stereocenters. The molecule has 0 amide bonds. The minimum absolute atomic E-state index is 0.433. The molecule has 6 nitrogen and oxygen atoms in total. The molecule has 0 spiro atoms. The summed E-state index contributed by atoms with van der Waals surface area (Å²) in [6.45, 7) is 12.8. The molecule has 1 aromatic heterocycles. The summed E-state index contributed by atoms with van der Waals surface area (Å²) >= 11 is 0. The summed E-state index contributed by atoms with van der Waals surface area (Å²) in [5.74, 6) is 2.33. The second-order valence-electron chi connectivity index (χ2n) is 7.68. The Morgan fingerprint density at radius 1 is 0.962 bits per heavy atom. The highest BCUT2D eigenvalue weighted by Crippen LogP contribution is 2.34. The van der Waals surface area contributed by atoms with Crippen molar-refractivity contribution in [3.63, 3.8) is 0 Å². The van der Waals surface area contributed by atoms with Crippen LogP contribution in [0, 0.1) is 0 Å². The molecular formula is C20H30N6. The van der Waals surface area contributed by atoms with Crippen LogP contribution in [0.15, 0.2) is 24.4 Å². The van der Waals surface area contributed by atoms with Gasteiger partial charge in [0.05, 0.1) is 6.20 Å². The van der Waals surface area contributed by atoms with Gasteiger partial charge in [-0.1, -0.05) is 45.9 Å². The van der Waals surface area contributed by atoms with E-state index in [2.05, 4.69) is 78.3 Å². The fourth-order valence-corrected chi connectivity index (χ4v) is 3.32. The van der Waals surface area contributed by atoms with Crippen LogP contribution in [0.3, 0.4) is 0 Å². The van der Waals surface area contributed by atoms with E-state index in [9.17, 15) is 0 Å². The highest BCUT2D eigenvalue weighted by atomic mass is 15.4. The zero-order valence-corrected chi connectivity index (χ0v) is 16.5. The summed E-state index contributed by atoms with van der Waals surface area (Å²) in [5.41, 5.74) is 3.76. The number of rotatable bonds is 5. The molecule has 2 heterocycles. The van der Waals surface area contributed by atoms with Crippen molar-refractivity contribution in [1.29, 1.82) is 0 Å². The maximum Gasteiger partial charge on any atom is 0.247 e. The van der Waals surface area contributed by atoms with Crippen molar-refractivity contribution in [2.45, 2.75) is 39.5 Å². The van der Waals surface area contributed by atoms with Crippen LogP contribution in [0.1, 0.15) is 50.7 Å². The van der Waals surface area contributed by atoms with Crippen LogP contribution >= 0.6 is 0 Å². The summed E-state index contributed by atoms with van der Waals surface area (Å²) in [7, 11) is 2.14. The van der Waals surface area contributed by atoms with E-state index < -0.39 is 0 Å². The molecule has 1 aliphatic heterocycles. The van der Waals surface area contributed by atoms with Crippen molar-refractivity contribution in [3.8, 4) is 0 Å². The number of nitrogens with one attached hydrogen (secondary N) is 1. The molecule has 1 fully saturated rings. The lowest BCUT2D eigenvalue weighted by Gasteiger charge is -2.32. The normalized spacial score (nSPS) is 15.7. The van der Waals surface area contributed by atoms with Crippen LogP contribution in [-0.2, 0) is 0 Å². The van der Waals surface area contributed by atoms with Crippen molar-refractivity contribution in [2.24, 2.45) is 0 Å². The van der Waals surface area contributed by atoms with Gasteiger partial charge in [0.25, 0.3) is 0 Å². The molecule has 6 heteroatoms. The van der Waals surface area contributed by atoms with E-state index in [4.69, 9.17) is 4.98 Å². The highest BCUT2D eigenvalue weighted by molar-refractivity contribution is 5.66. The topological polar surface area (TPSA) is 57.2 Å². The van der Waals surface area contributed by atoms with Gasteiger partial charge in [-0.15, -0.1) is 5.10 Å². The van der Waals surface area contributed by atoms with Gasteiger partial charge in [0.2, 0.25) is 5.95 Å². The van der Waals surface area contributed by atoms with Crippen molar-refractivity contribution in [3.05, 3.63) is 35.5 Å². The SMILES string of the molecule is CC(C)c1cccc(C(C)C)c1Nc1cnnc(N2CCN(C)CC2)n1. The lowest BCUT2D eigenvalue weighted by atomic mass is 9.92. The number of hydrogen-bond donors (Lipinski definition) is 1. The van der Waals surface area contributed by atoms with Gasteiger partial charge >= 0.3 is 0 Å². The summed E-state index contributed by atoms with van der Waals surface area (Å²) < 4.78 is 0. The molecule has 3 rings (SSSR count). The number of likely N-dealkylation sites (N-methyl/N-ethyl adjacent to an activating group) is 1. The molecule has 1 aliphatic rings. The Hall–Kier alpha value is -2.21. The molecule has 26 heavy (non-hydrogen) atoms. The van der Waals surface area contributed by atoms with E-state index in [0.717, 1.165) is 37.7 Å². The van der Waals surface area contributed by atoms with Crippen LogP contribution in [0.25, 0.3) is 0 Å². The fraction of sp³-hybridized carbons (Fsp3) is 0.550. The van der Waals surface area contributed by atoms with Gasteiger partial charge < -0.3 is 15.1 Å². The van der Waals surface area contributed by atoms with Gasteiger partial charge in [-0.05, 0) is 30.0 Å². The number of piperazine rings is 1. The van der Waals surface area contributed by atoms with Gasteiger partial charge in [0.15, 0.2) is 5.82 Å². The molecule has 0 saturated carbocycles. The molecule has 2 aromatic rings. The molecule has 0 bridgehead atoms. The summed E-state index contributed by atoms with van der Waals surface area (Å²) in [4.78, 5) is 9.26. The van der Waals surface area contributed by atoms with Gasteiger partial charge in [0, 0.05) is 31.9 Å². The van der Waals surface area contributed by atoms with Gasteiger partial charge in [0.1, 0.15) is 0 Å². The lowest BCUT2D eigenvalue weighted by molar-refractivity contribution is 0.311. The second-order valence-corrected chi connectivity index (χ2v) is 7.68. The van der Waals surface area contributed by atoms with Crippen LogP contribution in [0.5, 0.6) is 0 Å². The third-order valence-electron chi connectivity index (χ3n) is 4.96. The molecule has 0 unspecified atom stereocenters. The average Bonchev–Trinajstić information content (AvgIpc) is 2.62. The standard InChI is InChI=1S/C20H30N6/c1-14(2)16-7-6-8-17(15(3)4)19(16)22-18-13-21-24-20(23-18)26-11-9-25(5)10-12-26/h6-8,13-15H,9-12H2,1-5H3,(H,22,23,24). The van der Waals surface area contributed by atoms with Gasteiger partial charge in [-0.3, -0.25) is 0 Å². The largest absolute Gasteiger partial charge is 0.338 e. The van der Waals surface area contributed by atoms with E-state index in [1.54, 1.807) is 6.20 Å². The first-order valence-corrected chi connectivity index (χ1v) is 9.48. The van der Waals surface area contributed by atoms with Crippen molar-refractivity contribution >= 4 is 17.5 Å². The Labute approximate surface area is 156 Å². The number of benzene rings is 1. The molecule has 0 radical (unpaired) electrons. The smallest absolute Gasteiger partial charge is 0.247 e. The van der Waals surface area contributed by atoms with Crippen molar-refractivity contribution in [1.82, 2.24) is 20.1 Å². The number of hydrogen-bond acceptors (Lipinski definition) is 6. The van der Waals surface area contributed by atoms with E-state index in [1.807, 2.05) is 0 Å². The maximum atomic E-state index is 4.74. The molecule has 1 saturated heterocycles. The quantitative estimate of drug-likeness (QED) is 0.885. The summed E-state index contributed by atoms with van der Waals surface area (Å²) in [5, 5.41) is 12.0. The van der Waals surface area contributed by atoms with Crippen molar-refractivity contribution in [2.75, 3.05) is 43.4 Å². The second kappa shape index (κ2) is 7.99. The molecule has 1 aromatic carbocycles. The Morgan fingerprint density at radius 2 is 1.58 bits per heavy atom. The zero-order valence-electron chi connectivity index (χ0n) is 16.5. The monoisotopic (exact) mass is 354 g/mol. The van der Waals surface area contributed by atoms with Crippen molar-refractivity contribution < 1.29 is 0 Å². The minimum atomic E-state index is 0.433. The first kappa shape index (κ1) is 18.6. The lowest BCUT2D eigenvalue weighted by Crippen LogP contribution is -2.45. The van der Waals surface area contributed by atoms with Crippen LogP contribution in [-0.4, -0.2) is 53.3 Å². The third-order valence-corrected chi connectivity index (χ3v) is 4.96. The van der Waals surface area contributed by atoms with Crippen LogP contribution < -0.4 is 10.2 Å². The van der Waals surface area contributed by atoms with E-state index in [-0.39, 0.29) is 0 Å².